The first kappa shape index (κ1) is 14.6. The topological polar surface area (TPSA) is 15.3 Å². The quantitative estimate of drug-likeness (QED) is 0.857. The van der Waals surface area contributed by atoms with E-state index in [1.165, 1.54) is 18.4 Å². The lowest BCUT2D eigenvalue weighted by molar-refractivity contribution is 0.211. The Labute approximate surface area is 124 Å². The second-order valence-corrected chi connectivity index (χ2v) is 6.11. The van der Waals surface area contributed by atoms with Crippen LogP contribution in [0.1, 0.15) is 31.4 Å². The predicted octanol–water partition coefficient (Wildman–Crippen LogP) is 3.20. The lowest BCUT2D eigenvalue weighted by atomic mass is 10.0. The molecule has 1 fully saturated rings. The van der Waals surface area contributed by atoms with Crippen LogP contribution in [-0.4, -0.2) is 30.6 Å². The molecule has 0 radical (unpaired) electrons. The van der Waals surface area contributed by atoms with Gasteiger partial charge in [-0.05, 0) is 37.5 Å². The van der Waals surface area contributed by atoms with Gasteiger partial charge in [0, 0.05) is 29.6 Å². The highest BCUT2D eigenvalue weighted by Gasteiger charge is 2.20. The molecule has 1 N–H and O–H groups in total. The summed E-state index contributed by atoms with van der Waals surface area (Å²) in [7, 11) is 0. The Morgan fingerprint density at radius 2 is 2.21 bits per heavy atom. The minimum Gasteiger partial charge on any atom is -0.307 e. The number of hydrogen-bond acceptors (Lipinski definition) is 2. The molecule has 1 heterocycles. The Kier molecular flexibility index (Phi) is 5.45. The minimum atomic E-state index is 0.390. The van der Waals surface area contributed by atoms with Gasteiger partial charge in [-0.3, -0.25) is 4.90 Å². The van der Waals surface area contributed by atoms with E-state index in [2.05, 4.69) is 63.3 Å². The van der Waals surface area contributed by atoms with E-state index in [4.69, 9.17) is 6.42 Å². The molecule has 3 heteroatoms. The van der Waals surface area contributed by atoms with Crippen LogP contribution in [0.25, 0.3) is 0 Å². The highest BCUT2D eigenvalue weighted by molar-refractivity contribution is 9.10. The number of rotatable bonds is 4. The summed E-state index contributed by atoms with van der Waals surface area (Å²) < 4.78 is 1.14. The number of hydrogen-bond donors (Lipinski definition) is 1. The van der Waals surface area contributed by atoms with Crippen molar-refractivity contribution in [1.82, 2.24) is 10.2 Å². The predicted molar refractivity (Wildman–Crippen MR) is 84.0 cm³/mol. The van der Waals surface area contributed by atoms with Gasteiger partial charge in [-0.15, -0.1) is 6.42 Å². The summed E-state index contributed by atoms with van der Waals surface area (Å²) in [6, 6.07) is 9.51. The lowest BCUT2D eigenvalue weighted by Crippen LogP contribution is -2.43. The molecule has 2 rings (SSSR count). The second kappa shape index (κ2) is 7.09. The third-order valence-electron chi connectivity index (χ3n) is 3.74. The summed E-state index contributed by atoms with van der Waals surface area (Å²) >= 11 is 3.53. The number of piperidine rings is 1. The van der Waals surface area contributed by atoms with Gasteiger partial charge in [0.1, 0.15) is 0 Å². The van der Waals surface area contributed by atoms with Crippen LogP contribution in [0, 0.1) is 12.3 Å². The zero-order valence-electron chi connectivity index (χ0n) is 11.4. The van der Waals surface area contributed by atoms with E-state index in [1.807, 2.05) is 0 Å². The maximum atomic E-state index is 5.35. The van der Waals surface area contributed by atoms with Crippen LogP contribution in [-0.2, 0) is 0 Å². The number of benzene rings is 1. The Hall–Kier alpha value is -0.820. The standard InChI is InChI=1S/C16H21BrN2/c1-3-9-19-10-7-16(8-11-19)18-13(2)14-5-4-6-15(17)12-14/h1,4-6,12-13,16,18H,7-11H2,2H3/t13-/m1/s1. The van der Waals surface area contributed by atoms with Gasteiger partial charge in [0.15, 0.2) is 0 Å². The van der Waals surface area contributed by atoms with Crippen molar-refractivity contribution < 1.29 is 0 Å². The smallest absolute Gasteiger partial charge is 0.0598 e. The molecular weight excluding hydrogens is 300 g/mol. The molecule has 1 saturated heterocycles. The fraction of sp³-hybridized carbons (Fsp3) is 0.500. The average molecular weight is 321 g/mol. The van der Waals surface area contributed by atoms with Crippen LogP contribution in [0.4, 0.5) is 0 Å². The molecule has 0 amide bonds. The molecule has 0 bridgehead atoms. The number of nitrogens with zero attached hydrogens (tertiary/aromatic N) is 1. The highest BCUT2D eigenvalue weighted by atomic mass is 79.9. The molecule has 1 atom stereocenters. The SMILES string of the molecule is C#CCN1CCC(N[C@H](C)c2cccc(Br)c2)CC1. The first-order chi connectivity index (χ1) is 9.19. The molecule has 1 aromatic carbocycles. The van der Waals surface area contributed by atoms with Gasteiger partial charge in [0.05, 0.1) is 6.54 Å². The molecule has 2 nitrogen and oxygen atoms in total. The van der Waals surface area contributed by atoms with Gasteiger partial charge in [0.2, 0.25) is 0 Å². The summed E-state index contributed by atoms with van der Waals surface area (Å²) in [5, 5.41) is 3.73. The molecule has 19 heavy (non-hydrogen) atoms. The van der Waals surface area contributed by atoms with Crippen molar-refractivity contribution in [3.05, 3.63) is 34.3 Å². The number of halogens is 1. The van der Waals surface area contributed by atoms with Crippen molar-refractivity contribution in [3.8, 4) is 12.3 Å². The van der Waals surface area contributed by atoms with Crippen molar-refractivity contribution >= 4 is 15.9 Å². The van der Waals surface area contributed by atoms with Crippen molar-refractivity contribution in [2.75, 3.05) is 19.6 Å². The Morgan fingerprint density at radius 3 is 2.84 bits per heavy atom. The third-order valence-corrected chi connectivity index (χ3v) is 4.23. The van der Waals surface area contributed by atoms with E-state index >= 15 is 0 Å². The summed E-state index contributed by atoms with van der Waals surface area (Å²) in [5.74, 6) is 2.73. The van der Waals surface area contributed by atoms with Gasteiger partial charge < -0.3 is 5.32 Å². The summed E-state index contributed by atoms with van der Waals surface area (Å²) in [6.07, 6.45) is 7.71. The van der Waals surface area contributed by atoms with Gasteiger partial charge in [-0.2, -0.15) is 0 Å². The fourth-order valence-electron chi connectivity index (χ4n) is 2.61. The first-order valence-corrected chi connectivity index (χ1v) is 7.65. The molecule has 0 spiro atoms. The van der Waals surface area contributed by atoms with E-state index in [9.17, 15) is 0 Å². The monoisotopic (exact) mass is 320 g/mol. The summed E-state index contributed by atoms with van der Waals surface area (Å²) in [6.45, 7) is 5.23. The zero-order chi connectivity index (χ0) is 13.7. The number of nitrogens with one attached hydrogen (secondary N) is 1. The van der Waals surface area contributed by atoms with Gasteiger partial charge in [-0.1, -0.05) is 34.0 Å². The summed E-state index contributed by atoms with van der Waals surface area (Å²) in [5.41, 5.74) is 1.33. The van der Waals surface area contributed by atoms with E-state index in [-0.39, 0.29) is 0 Å². The Morgan fingerprint density at radius 1 is 1.47 bits per heavy atom. The fourth-order valence-corrected chi connectivity index (χ4v) is 3.03. The summed E-state index contributed by atoms with van der Waals surface area (Å²) in [4.78, 5) is 2.35. The molecule has 102 valence electrons. The van der Waals surface area contributed by atoms with Crippen molar-refractivity contribution in [3.63, 3.8) is 0 Å². The van der Waals surface area contributed by atoms with Crippen LogP contribution < -0.4 is 5.32 Å². The third kappa shape index (κ3) is 4.35. The molecule has 1 aromatic rings. The molecular formula is C16H21BrN2. The van der Waals surface area contributed by atoms with Crippen LogP contribution in [0.3, 0.4) is 0 Å². The molecule has 0 aromatic heterocycles. The molecule has 0 aliphatic carbocycles. The zero-order valence-corrected chi connectivity index (χ0v) is 13.0. The number of terminal acetylenes is 1. The molecule has 0 unspecified atom stereocenters. The van der Waals surface area contributed by atoms with Crippen LogP contribution >= 0.6 is 15.9 Å². The van der Waals surface area contributed by atoms with E-state index in [0.29, 0.717) is 12.1 Å². The maximum Gasteiger partial charge on any atom is 0.0598 e. The van der Waals surface area contributed by atoms with Crippen molar-refractivity contribution in [2.24, 2.45) is 0 Å². The van der Waals surface area contributed by atoms with E-state index < -0.39 is 0 Å². The van der Waals surface area contributed by atoms with E-state index in [1.54, 1.807) is 0 Å². The number of likely N-dealkylation sites (tertiary alicyclic amines) is 1. The van der Waals surface area contributed by atoms with Crippen LogP contribution in [0.5, 0.6) is 0 Å². The van der Waals surface area contributed by atoms with E-state index in [0.717, 1.165) is 24.1 Å². The highest BCUT2D eigenvalue weighted by Crippen LogP contribution is 2.20. The molecule has 1 aliphatic heterocycles. The van der Waals surface area contributed by atoms with Crippen molar-refractivity contribution in [1.29, 1.82) is 0 Å². The molecule has 1 aliphatic rings. The van der Waals surface area contributed by atoms with Gasteiger partial charge >= 0.3 is 0 Å². The maximum absolute atomic E-state index is 5.35. The van der Waals surface area contributed by atoms with Gasteiger partial charge in [0.25, 0.3) is 0 Å². The van der Waals surface area contributed by atoms with Crippen LogP contribution in [0.2, 0.25) is 0 Å². The normalized spacial score (nSPS) is 19.0. The minimum absolute atomic E-state index is 0.390. The van der Waals surface area contributed by atoms with Crippen LogP contribution in [0.15, 0.2) is 28.7 Å². The lowest BCUT2D eigenvalue weighted by Gasteiger charge is -2.33. The van der Waals surface area contributed by atoms with Crippen molar-refractivity contribution in [2.45, 2.75) is 31.8 Å². The first-order valence-electron chi connectivity index (χ1n) is 6.86. The average Bonchev–Trinajstić information content (AvgIpc) is 2.41. The Bertz CT molecular complexity index is 444. The van der Waals surface area contributed by atoms with Gasteiger partial charge in [-0.25, -0.2) is 0 Å². The second-order valence-electron chi connectivity index (χ2n) is 5.20. The largest absolute Gasteiger partial charge is 0.307 e. The Balaban J connectivity index is 1.84. The molecule has 0 saturated carbocycles.